The molecule has 9 heteroatoms. The molecule has 4 N–H and O–H groups in total. The molecule has 0 radical (unpaired) electrons. The molecule has 9 nitrogen and oxygen atoms in total. The minimum atomic E-state index is -0.821. The first-order valence-electron chi connectivity index (χ1n) is 13.0. The Morgan fingerprint density at radius 2 is 1.89 bits per heavy atom. The van der Waals surface area contributed by atoms with Crippen LogP contribution in [-0.4, -0.2) is 63.7 Å². The molecule has 0 fully saturated rings. The molecule has 1 aromatic carbocycles. The maximum atomic E-state index is 13.6. The number of amides is 3. The normalized spacial score (nSPS) is 20.5. The Labute approximate surface area is 215 Å². The standard InChI is InChI=1S/C27H44N4O5/c1-19(2)10-11-27(26(34)31-20(3)4)16-21-8-9-22(23(15-21)35-5)36-17-25(33)29-14-13-28-12-6-7-24(32)30-18-27/h8-9,15,19-20,28H,6-7,10-14,16-18H2,1-5H3,(H,29,33)(H,30,32)(H,31,34). The number of ether oxygens (including phenoxy) is 2. The topological polar surface area (TPSA) is 118 Å². The summed E-state index contributed by atoms with van der Waals surface area (Å²) in [5.41, 5.74) is 0.0706. The van der Waals surface area contributed by atoms with E-state index in [1.165, 1.54) is 0 Å². The number of hydrogen-bond donors (Lipinski definition) is 4. The van der Waals surface area contributed by atoms with E-state index in [1.54, 1.807) is 13.2 Å². The van der Waals surface area contributed by atoms with Gasteiger partial charge in [0.25, 0.3) is 5.91 Å². The van der Waals surface area contributed by atoms with Gasteiger partial charge in [0.2, 0.25) is 11.8 Å². The smallest absolute Gasteiger partial charge is 0.257 e. The Morgan fingerprint density at radius 3 is 2.58 bits per heavy atom. The maximum absolute atomic E-state index is 13.6. The monoisotopic (exact) mass is 504 g/mol. The summed E-state index contributed by atoms with van der Waals surface area (Å²) >= 11 is 0. The van der Waals surface area contributed by atoms with Crippen molar-refractivity contribution in [2.75, 3.05) is 39.9 Å². The number of nitrogens with one attached hydrogen (secondary N) is 4. The van der Waals surface area contributed by atoms with Crippen molar-refractivity contribution in [1.29, 1.82) is 0 Å². The molecule has 1 unspecified atom stereocenters. The fourth-order valence-electron chi connectivity index (χ4n) is 4.17. The van der Waals surface area contributed by atoms with Gasteiger partial charge in [-0.2, -0.15) is 0 Å². The van der Waals surface area contributed by atoms with Crippen molar-refractivity contribution < 1.29 is 23.9 Å². The fourth-order valence-corrected chi connectivity index (χ4v) is 4.17. The summed E-state index contributed by atoms with van der Waals surface area (Å²) in [6, 6.07) is 5.48. The van der Waals surface area contributed by atoms with Crippen LogP contribution in [0.5, 0.6) is 11.5 Å². The Hall–Kier alpha value is -2.81. The lowest BCUT2D eigenvalue weighted by Gasteiger charge is -2.34. The second-order valence-electron chi connectivity index (χ2n) is 10.3. The fraction of sp³-hybridized carbons (Fsp3) is 0.667. The Morgan fingerprint density at radius 1 is 1.11 bits per heavy atom. The third kappa shape index (κ3) is 9.68. The molecule has 1 atom stereocenters. The van der Waals surface area contributed by atoms with E-state index in [1.807, 2.05) is 26.0 Å². The van der Waals surface area contributed by atoms with Gasteiger partial charge in [-0.05, 0) is 69.7 Å². The van der Waals surface area contributed by atoms with Crippen molar-refractivity contribution in [2.24, 2.45) is 11.3 Å². The minimum Gasteiger partial charge on any atom is -0.493 e. The van der Waals surface area contributed by atoms with E-state index >= 15 is 0 Å². The van der Waals surface area contributed by atoms with Crippen LogP contribution in [0, 0.1) is 11.3 Å². The first-order valence-corrected chi connectivity index (χ1v) is 13.0. The highest BCUT2D eigenvalue weighted by Crippen LogP contribution is 2.35. The predicted molar refractivity (Wildman–Crippen MR) is 140 cm³/mol. The van der Waals surface area contributed by atoms with Crippen LogP contribution in [0.3, 0.4) is 0 Å². The molecule has 202 valence electrons. The third-order valence-corrected chi connectivity index (χ3v) is 6.24. The molecule has 0 saturated heterocycles. The maximum Gasteiger partial charge on any atom is 0.257 e. The van der Waals surface area contributed by atoms with Gasteiger partial charge < -0.3 is 30.7 Å². The molecule has 2 aliphatic heterocycles. The molecule has 2 bridgehead atoms. The van der Waals surface area contributed by atoms with Gasteiger partial charge in [0.15, 0.2) is 18.1 Å². The second kappa shape index (κ2) is 14.7. The Kier molecular flexibility index (Phi) is 12.0. The van der Waals surface area contributed by atoms with E-state index in [4.69, 9.17) is 9.47 Å². The van der Waals surface area contributed by atoms with Crippen LogP contribution in [0.2, 0.25) is 0 Å². The van der Waals surface area contributed by atoms with Crippen LogP contribution in [0.4, 0.5) is 0 Å². The van der Waals surface area contributed by atoms with E-state index in [0.717, 1.165) is 12.0 Å². The lowest BCUT2D eigenvalue weighted by Crippen LogP contribution is -2.51. The third-order valence-electron chi connectivity index (χ3n) is 6.24. The largest absolute Gasteiger partial charge is 0.493 e. The van der Waals surface area contributed by atoms with Gasteiger partial charge in [-0.3, -0.25) is 14.4 Å². The van der Waals surface area contributed by atoms with E-state index in [2.05, 4.69) is 35.1 Å². The van der Waals surface area contributed by atoms with E-state index < -0.39 is 5.41 Å². The molecule has 36 heavy (non-hydrogen) atoms. The molecule has 3 rings (SSSR count). The summed E-state index contributed by atoms with van der Waals surface area (Å²) < 4.78 is 11.3. The molecular formula is C27H44N4O5. The van der Waals surface area contributed by atoms with Crippen LogP contribution >= 0.6 is 0 Å². The van der Waals surface area contributed by atoms with Crippen molar-refractivity contribution >= 4 is 17.7 Å². The molecule has 3 amide bonds. The highest BCUT2D eigenvalue weighted by atomic mass is 16.5. The van der Waals surface area contributed by atoms with Crippen molar-refractivity contribution in [1.82, 2.24) is 21.3 Å². The van der Waals surface area contributed by atoms with Crippen LogP contribution in [0.1, 0.15) is 58.9 Å². The summed E-state index contributed by atoms with van der Waals surface area (Å²) in [6.07, 6.45) is 2.93. The number of carbonyl (C=O) groups is 3. The minimum absolute atomic E-state index is 0.0244. The molecule has 1 aromatic rings. The molecule has 0 aromatic heterocycles. The number of methoxy groups -OCH3 is 1. The molecule has 2 heterocycles. The zero-order valence-corrected chi connectivity index (χ0v) is 22.5. The summed E-state index contributed by atoms with van der Waals surface area (Å²) in [5.74, 6) is 0.992. The molecular weight excluding hydrogens is 460 g/mol. The van der Waals surface area contributed by atoms with Crippen LogP contribution in [0.25, 0.3) is 0 Å². The summed E-state index contributed by atoms with van der Waals surface area (Å²) in [7, 11) is 1.55. The zero-order chi connectivity index (χ0) is 26.6. The van der Waals surface area contributed by atoms with Crippen molar-refractivity contribution in [2.45, 2.75) is 65.8 Å². The predicted octanol–water partition coefficient (Wildman–Crippen LogP) is 2.18. The van der Waals surface area contributed by atoms with Crippen LogP contribution < -0.4 is 30.7 Å². The van der Waals surface area contributed by atoms with Gasteiger partial charge in [-0.15, -0.1) is 0 Å². The van der Waals surface area contributed by atoms with E-state index in [9.17, 15) is 14.4 Å². The average Bonchev–Trinajstić information content (AvgIpc) is 2.83. The second-order valence-corrected chi connectivity index (χ2v) is 10.3. The molecule has 0 aliphatic carbocycles. The quantitative estimate of drug-likeness (QED) is 0.441. The highest BCUT2D eigenvalue weighted by molar-refractivity contribution is 5.85. The van der Waals surface area contributed by atoms with Crippen molar-refractivity contribution in [3.8, 4) is 11.5 Å². The van der Waals surface area contributed by atoms with Gasteiger partial charge in [-0.1, -0.05) is 19.9 Å². The molecule has 0 spiro atoms. The Bertz CT molecular complexity index is 874. The molecule has 2 aliphatic rings. The average molecular weight is 505 g/mol. The van der Waals surface area contributed by atoms with Crippen LogP contribution in [0.15, 0.2) is 18.2 Å². The highest BCUT2D eigenvalue weighted by Gasteiger charge is 2.39. The van der Waals surface area contributed by atoms with Crippen molar-refractivity contribution in [3.05, 3.63) is 23.8 Å². The Balaban J connectivity index is 2.42. The SMILES string of the molecule is COc1cc2ccc1OCC(=O)NCCNCCCC(=O)NCC(CCC(C)C)(C(=O)NC(C)C)C2. The van der Waals surface area contributed by atoms with E-state index in [-0.39, 0.29) is 36.9 Å². The van der Waals surface area contributed by atoms with Gasteiger partial charge in [0, 0.05) is 32.1 Å². The zero-order valence-electron chi connectivity index (χ0n) is 22.5. The molecule has 0 saturated carbocycles. The van der Waals surface area contributed by atoms with Gasteiger partial charge in [0.05, 0.1) is 12.5 Å². The van der Waals surface area contributed by atoms with Crippen LogP contribution in [-0.2, 0) is 20.8 Å². The number of rotatable bonds is 6. The number of hydrogen-bond acceptors (Lipinski definition) is 6. The summed E-state index contributed by atoms with van der Waals surface area (Å²) in [5, 5.41) is 12.2. The summed E-state index contributed by atoms with van der Waals surface area (Å²) in [4.78, 5) is 38.5. The lowest BCUT2D eigenvalue weighted by atomic mass is 9.75. The van der Waals surface area contributed by atoms with E-state index in [0.29, 0.717) is 62.7 Å². The number of carbonyl (C=O) groups excluding carboxylic acids is 3. The first kappa shape index (κ1) is 29.4. The lowest BCUT2D eigenvalue weighted by molar-refractivity contribution is -0.133. The first-order chi connectivity index (χ1) is 17.1. The van der Waals surface area contributed by atoms with Crippen molar-refractivity contribution in [3.63, 3.8) is 0 Å². The number of benzene rings is 1. The van der Waals surface area contributed by atoms with Gasteiger partial charge in [0.1, 0.15) is 0 Å². The number of fused-ring (bicyclic) bond motifs is 16. The van der Waals surface area contributed by atoms with Gasteiger partial charge in [-0.25, -0.2) is 0 Å². The summed E-state index contributed by atoms with van der Waals surface area (Å²) in [6.45, 7) is 10.00. The van der Waals surface area contributed by atoms with Gasteiger partial charge >= 0.3 is 0 Å².